The Morgan fingerprint density at radius 3 is 2.42 bits per heavy atom. The van der Waals surface area contributed by atoms with E-state index in [1.165, 1.54) is 10.6 Å². The van der Waals surface area contributed by atoms with Gasteiger partial charge in [0.25, 0.3) is 0 Å². The molecule has 1 aliphatic rings. The fourth-order valence-corrected chi connectivity index (χ4v) is 4.40. The summed E-state index contributed by atoms with van der Waals surface area (Å²) in [4.78, 5) is 15.1. The number of anilines is 1. The third kappa shape index (κ3) is 7.80. The molecule has 0 spiro atoms. The van der Waals surface area contributed by atoms with Gasteiger partial charge in [-0.15, -0.1) is 35.3 Å². The van der Waals surface area contributed by atoms with E-state index in [-0.39, 0.29) is 24.0 Å². The minimum absolute atomic E-state index is 0. The van der Waals surface area contributed by atoms with Crippen molar-refractivity contribution in [1.82, 2.24) is 20.5 Å². The fraction of sp³-hybridized carbons (Fsp3) is 0.545. The van der Waals surface area contributed by atoms with Crippen molar-refractivity contribution in [3.05, 3.63) is 39.8 Å². The molecule has 9 heteroatoms. The second-order valence-electron chi connectivity index (χ2n) is 7.48. The number of aryl methyl sites for hydroxylation is 2. The number of nitrogens with one attached hydrogen (secondary N) is 2. The van der Waals surface area contributed by atoms with Crippen molar-refractivity contribution in [2.75, 3.05) is 58.3 Å². The average Bonchev–Trinajstić information content (AvgIpc) is 3.11. The Balaban J connectivity index is 0.00000341. The Morgan fingerprint density at radius 2 is 1.84 bits per heavy atom. The van der Waals surface area contributed by atoms with Crippen molar-refractivity contribution in [2.24, 2.45) is 4.99 Å². The number of hydrogen-bond donors (Lipinski definition) is 2. The predicted molar refractivity (Wildman–Crippen MR) is 141 cm³/mol. The van der Waals surface area contributed by atoms with E-state index in [9.17, 15) is 0 Å². The highest BCUT2D eigenvalue weighted by Crippen LogP contribution is 2.20. The SMILES string of the molecule is CN=C(NCCCN1CCN(c2ccc(OC)cc2)CC1)NCc1nc(C)c(C)s1.I. The third-order valence-corrected chi connectivity index (χ3v) is 6.53. The molecule has 0 amide bonds. The maximum absolute atomic E-state index is 5.25. The van der Waals surface area contributed by atoms with Crippen LogP contribution in [0, 0.1) is 13.8 Å². The van der Waals surface area contributed by atoms with Crippen LogP contribution in [0.25, 0.3) is 0 Å². The van der Waals surface area contributed by atoms with Crippen LogP contribution in [-0.4, -0.2) is 69.3 Å². The molecular formula is C22H35IN6OS. The molecule has 0 unspecified atom stereocenters. The number of methoxy groups -OCH3 is 1. The molecule has 0 radical (unpaired) electrons. The van der Waals surface area contributed by atoms with E-state index in [0.717, 1.165) is 68.1 Å². The number of piperazine rings is 1. The molecule has 2 aromatic rings. The van der Waals surface area contributed by atoms with Crippen molar-refractivity contribution >= 4 is 47.0 Å². The van der Waals surface area contributed by atoms with E-state index in [2.05, 4.69) is 56.4 Å². The van der Waals surface area contributed by atoms with Crippen LogP contribution in [-0.2, 0) is 6.54 Å². The second kappa shape index (κ2) is 13.1. The minimum atomic E-state index is 0. The molecule has 7 nitrogen and oxygen atoms in total. The molecule has 1 aromatic carbocycles. The quantitative estimate of drug-likeness (QED) is 0.225. The molecule has 2 N–H and O–H groups in total. The molecule has 0 aliphatic carbocycles. The summed E-state index contributed by atoms with van der Waals surface area (Å²) in [7, 11) is 3.52. The summed E-state index contributed by atoms with van der Waals surface area (Å²) >= 11 is 1.74. The second-order valence-corrected chi connectivity index (χ2v) is 8.77. The van der Waals surface area contributed by atoms with Crippen molar-refractivity contribution in [1.29, 1.82) is 0 Å². The normalized spacial score (nSPS) is 14.8. The molecule has 1 fully saturated rings. The number of aliphatic imine (C=N–C) groups is 1. The van der Waals surface area contributed by atoms with Crippen LogP contribution in [0.3, 0.4) is 0 Å². The standard InChI is InChI=1S/C22H34N6OS.HI/c1-17-18(2)30-21(26-17)16-25-22(23-3)24-10-5-11-27-12-14-28(15-13-27)19-6-8-20(29-4)9-7-19;/h6-9H,5,10-16H2,1-4H3,(H2,23,24,25);1H. The van der Waals surface area contributed by atoms with Gasteiger partial charge < -0.3 is 20.3 Å². The molecule has 31 heavy (non-hydrogen) atoms. The first-order chi connectivity index (χ1) is 14.6. The van der Waals surface area contributed by atoms with Gasteiger partial charge in [-0.2, -0.15) is 0 Å². The molecule has 3 rings (SSSR count). The molecule has 1 aromatic heterocycles. The number of aromatic nitrogens is 1. The van der Waals surface area contributed by atoms with Gasteiger partial charge in [0.1, 0.15) is 10.8 Å². The first kappa shape index (κ1) is 25.7. The van der Waals surface area contributed by atoms with Crippen LogP contribution in [0.2, 0.25) is 0 Å². The lowest BCUT2D eigenvalue weighted by atomic mass is 10.2. The number of hydrogen-bond acceptors (Lipinski definition) is 6. The predicted octanol–water partition coefficient (Wildman–Crippen LogP) is 3.26. The van der Waals surface area contributed by atoms with Crippen molar-refractivity contribution in [3.8, 4) is 5.75 Å². The van der Waals surface area contributed by atoms with E-state index in [0.29, 0.717) is 6.54 Å². The molecular weight excluding hydrogens is 523 g/mol. The fourth-order valence-electron chi connectivity index (χ4n) is 3.53. The molecule has 1 aliphatic heterocycles. The largest absolute Gasteiger partial charge is 0.497 e. The van der Waals surface area contributed by atoms with Crippen LogP contribution >= 0.6 is 35.3 Å². The Morgan fingerprint density at radius 1 is 1.13 bits per heavy atom. The van der Waals surface area contributed by atoms with Crippen LogP contribution < -0.4 is 20.3 Å². The summed E-state index contributed by atoms with van der Waals surface area (Å²) in [5.41, 5.74) is 2.39. The Labute approximate surface area is 207 Å². The van der Waals surface area contributed by atoms with Crippen LogP contribution in [0.15, 0.2) is 29.3 Å². The average molecular weight is 559 g/mol. The smallest absolute Gasteiger partial charge is 0.191 e. The zero-order valence-corrected chi connectivity index (χ0v) is 22.1. The topological polar surface area (TPSA) is 65.0 Å². The molecule has 0 saturated carbocycles. The summed E-state index contributed by atoms with van der Waals surface area (Å²) in [5, 5.41) is 7.87. The molecule has 2 heterocycles. The van der Waals surface area contributed by atoms with E-state index in [1.807, 2.05) is 19.2 Å². The van der Waals surface area contributed by atoms with E-state index in [4.69, 9.17) is 4.74 Å². The van der Waals surface area contributed by atoms with Gasteiger partial charge in [0.2, 0.25) is 0 Å². The first-order valence-electron chi connectivity index (χ1n) is 10.6. The van der Waals surface area contributed by atoms with E-state index in [1.54, 1.807) is 18.4 Å². The minimum Gasteiger partial charge on any atom is -0.497 e. The number of ether oxygens (including phenoxy) is 1. The number of rotatable bonds is 8. The monoisotopic (exact) mass is 558 g/mol. The van der Waals surface area contributed by atoms with Crippen LogP contribution in [0.4, 0.5) is 5.69 Å². The highest BCUT2D eigenvalue weighted by Gasteiger charge is 2.16. The van der Waals surface area contributed by atoms with Crippen LogP contribution in [0.5, 0.6) is 5.75 Å². The lowest BCUT2D eigenvalue weighted by Gasteiger charge is -2.36. The number of guanidine groups is 1. The van der Waals surface area contributed by atoms with Gasteiger partial charge in [-0.05, 0) is 51.1 Å². The Bertz CT molecular complexity index is 798. The Hall–Kier alpha value is -1.59. The Kier molecular flexibility index (Phi) is 10.8. The molecule has 172 valence electrons. The zero-order chi connectivity index (χ0) is 21.3. The van der Waals surface area contributed by atoms with Gasteiger partial charge in [0.15, 0.2) is 5.96 Å². The summed E-state index contributed by atoms with van der Waals surface area (Å²) in [6.45, 7) is 11.2. The highest BCUT2D eigenvalue weighted by molar-refractivity contribution is 14.0. The van der Waals surface area contributed by atoms with Gasteiger partial charge in [0, 0.05) is 50.3 Å². The summed E-state index contributed by atoms with van der Waals surface area (Å²) in [6, 6.07) is 8.35. The third-order valence-electron chi connectivity index (χ3n) is 5.46. The summed E-state index contributed by atoms with van der Waals surface area (Å²) in [6.07, 6.45) is 1.10. The van der Waals surface area contributed by atoms with Crippen molar-refractivity contribution in [2.45, 2.75) is 26.8 Å². The summed E-state index contributed by atoms with van der Waals surface area (Å²) in [5.74, 6) is 1.75. The molecule has 1 saturated heterocycles. The van der Waals surface area contributed by atoms with E-state index >= 15 is 0 Å². The van der Waals surface area contributed by atoms with Gasteiger partial charge in [-0.1, -0.05) is 0 Å². The van der Waals surface area contributed by atoms with Gasteiger partial charge in [-0.3, -0.25) is 9.89 Å². The maximum Gasteiger partial charge on any atom is 0.191 e. The van der Waals surface area contributed by atoms with Crippen molar-refractivity contribution in [3.63, 3.8) is 0 Å². The van der Waals surface area contributed by atoms with Gasteiger partial charge in [0.05, 0.1) is 19.3 Å². The van der Waals surface area contributed by atoms with Crippen molar-refractivity contribution < 1.29 is 4.74 Å². The maximum atomic E-state index is 5.25. The number of nitrogens with zero attached hydrogens (tertiary/aromatic N) is 4. The van der Waals surface area contributed by atoms with E-state index < -0.39 is 0 Å². The number of benzene rings is 1. The highest BCUT2D eigenvalue weighted by atomic mass is 127. The lowest BCUT2D eigenvalue weighted by molar-refractivity contribution is 0.255. The molecule has 0 atom stereocenters. The van der Waals surface area contributed by atoms with Gasteiger partial charge >= 0.3 is 0 Å². The summed E-state index contributed by atoms with van der Waals surface area (Å²) < 4.78 is 5.25. The molecule has 0 bridgehead atoms. The van der Waals surface area contributed by atoms with Gasteiger partial charge in [-0.25, -0.2) is 4.98 Å². The van der Waals surface area contributed by atoms with Crippen LogP contribution in [0.1, 0.15) is 22.0 Å². The zero-order valence-electron chi connectivity index (χ0n) is 19.0. The number of thiazole rings is 1. The lowest BCUT2D eigenvalue weighted by Crippen LogP contribution is -2.47. The number of halogens is 1. The first-order valence-corrected chi connectivity index (χ1v) is 11.4.